The van der Waals surface area contributed by atoms with Gasteiger partial charge in [-0.15, -0.1) is 0 Å². The van der Waals surface area contributed by atoms with Crippen molar-refractivity contribution in [1.82, 2.24) is 0 Å². The van der Waals surface area contributed by atoms with Gasteiger partial charge in [0.2, 0.25) is 0 Å². The molecule has 0 N–H and O–H groups in total. The monoisotopic (exact) mass is 158 g/mol. The van der Waals surface area contributed by atoms with Crippen LogP contribution in [0.15, 0.2) is 0 Å². The van der Waals surface area contributed by atoms with E-state index < -0.39 is 0 Å². The summed E-state index contributed by atoms with van der Waals surface area (Å²) in [6.45, 7) is 6.99. The van der Waals surface area contributed by atoms with Crippen LogP contribution in [0.3, 0.4) is 0 Å². The van der Waals surface area contributed by atoms with Crippen molar-refractivity contribution in [3.05, 3.63) is 0 Å². The molecule has 0 aromatic carbocycles. The van der Waals surface area contributed by atoms with Gasteiger partial charge in [-0.3, -0.25) is 0 Å². The maximum absolute atomic E-state index is 2.34. The lowest BCUT2D eigenvalue weighted by molar-refractivity contribution is 0.576. The van der Waals surface area contributed by atoms with Crippen molar-refractivity contribution in [2.45, 2.75) is 50.5 Å². The van der Waals surface area contributed by atoms with Crippen LogP contribution in [0.2, 0.25) is 0 Å². The van der Waals surface area contributed by atoms with E-state index in [1.807, 2.05) is 0 Å². The minimum absolute atomic E-state index is 0.890. The molecule has 0 aliphatic carbocycles. The maximum atomic E-state index is 2.34. The fourth-order valence-electron chi connectivity index (χ4n) is 1.52. The predicted octanol–water partition coefficient (Wildman–Crippen LogP) is 3.32. The first-order chi connectivity index (χ1) is 4.74. The van der Waals surface area contributed by atoms with Gasteiger partial charge < -0.3 is 0 Å². The van der Waals surface area contributed by atoms with E-state index >= 15 is 0 Å². The van der Waals surface area contributed by atoms with Crippen LogP contribution in [0.5, 0.6) is 0 Å². The zero-order valence-corrected chi connectivity index (χ0v) is 8.08. The van der Waals surface area contributed by atoms with E-state index in [0.717, 1.165) is 16.4 Å². The first-order valence-corrected chi connectivity index (χ1v) is 5.33. The Morgan fingerprint density at radius 3 is 2.40 bits per heavy atom. The van der Waals surface area contributed by atoms with Crippen LogP contribution in [0, 0.1) is 5.92 Å². The lowest BCUT2D eigenvalue weighted by Gasteiger charge is -2.13. The maximum Gasteiger partial charge on any atom is 0.00732 e. The standard InChI is InChI=1S/C9H18S/c1-4-8-5-6-9(10-8)7(2)3/h7-9H,4-6H2,1-3H3. The van der Waals surface area contributed by atoms with Crippen LogP contribution in [-0.4, -0.2) is 10.5 Å². The molecule has 1 heterocycles. The average molecular weight is 158 g/mol. The molecule has 1 saturated heterocycles. The van der Waals surface area contributed by atoms with Crippen LogP contribution in [0.4, 0.5) is 0 Å². The molecule has 60 valence electrons. The third-order valence-electron chi connectivity index (χ3n) is 2.34. The summed E-state index contributed by atoms with van der Waals surface area (Å²) in [6.07, 6.45) is 4.29. The number of hydrogen-bond acceptors (Lipinski definition) is 1. The molecule has 2 unspecified atom stereocenters. The molecule has 0 saturated carbocycles. The molecule has 1 aliphatic heterocycles. The predicted molar refractivity (Wildman–Crippen MR) is 49.5 cm³/mol. The van der Waals surface area contributed by atoms with Gasteiger partial charge in [0, 0.05) is 10.5 Å². The first-order valence-electron chi connectivity index (χ1n) is 4.39. The molecule has 0 radical (unpaired) electrons. The Labute approximate surface area is 68.8 Å². The third kappa shape index (κ3) is 1.91. The van der Waals surface area contributed by atoms with E-state index in [-0.39, 0.29) is 0 Å². The van der Waals surface area contributed by atoms with Crippen LogP contribution in [0.25, 0.3) is 0 Å². The summed E-state index contributed by atoms with van der Waals surface area (Å²) in [5, 5.41) is 1.94. The van der Waals surface area contributed by atoms with Crippen LogP contribution in [-0.2, 0) is 0 Å². The highest BCUT2D eigenvalue weighted by atomic mass is 32.2. The SMILES string of the molecule is CCC1CCC(C(C)C)S1. The number of rotatable bonds is 2. The van der Waals surface area contributed by atoms with Gasteiger partial charge in [-0.25, -0.2) is 0 Å². The van der Waals surface area contributed by atoms with Gasteiger partial charge in [0.15, 0.2) is 0 Å². The van der Waals surface area contributed by atoms with Gasteiger partial charge in [-0.1, -0.05) is 20.8 Å². The molecule has 0 amide bonds. The van der Waals surface area contributed by atoms with Gasteiger partial charge in [0.1, 0.15) is 0 Å². The Morgan fingerprint density at radius 1 is 1.40 bits per heavy atom. The molecule has 0 spiro atoms. The second kappa shape index (κ2) is 3.66. The molecule has 1 fully saturated rings. The second-order valence-electron chi connectivity index (χ2n) is 3.53. The lowest BCUT2D eigenvalue weighted by Crippen LogP contribution is -2.05. The Balaban J connectivity index is 2.28. The molecule has 1 rings (SSSR count). The molecule has 0 nitrogen and oxygen atoms in total. The Bertz CT molecular complexity index is 98.9. The molecule has 0 aromatic heterocycles. The fourth-order valence-corrected chi connectivity index (χ4v) is 3.07. The van der Waals surface area contributed by atoms with Crippen LogP contribution < -0.4 is 0 Å². The zero-order valence-electron chi connectivity index (χ0n) is 7.26. The Morgan fingerprint density at radius 2 is 2.10 bits per heavy atom. The summed E-state index contributed by atoms with van der Waals surface area (Å²) >= 11 is 2.22. The lowest BCUT2D eigenvalue weighted by atomic mass is 10.0. The van der Waals surface area contributed by atoms with Crippen molar-refractivity contribution < 1.29 is 0 Å². The summed E-state index contributed by atoms with van der Waals surface area (Å²) in [5.74, 6) is 0.890. The molecular weight excluding hydrogens is 140 g/mol. The summed E-state index contributed by atoms with van der Waals surface area (Å²) in [7, 11) is 0. The van der Waals surface area contributed by atoms with Gasteiger partial charge in [0.25, 0.3) is 0 Å². The van der Waals surface area contributed by atoms with Crippen molar-refractivity contribution in [2.24, 2.45) is 5.92 Å². The van der Waals surface area contributed by atoms with Crippen molar-refractivity contribution in [3.63, 3.8) is 0 Å². The third-order valence-corrected chi connectivity index (χ3v) is 4.42. The molecule has 10 heavy (non-hydrogen) atoms. The summed E-state index contributed by atoms with van der Waals surface area (Å²) < 4.78 is 0. The summed E-state index contributed by atoms with van der Waals surface area (Å²) in [4.78, 5) is 0. The van der Waals surface area contributed by atoms with Crippen molar-refractivity contribution in [3.8, 4) is 0 Å². The molecule has 0 bridgehead atoms. The smallest absolute Gasteiger partial charge is 0.00732 e. The van der Waals surface area contributed by atoms with Gasteiger partial charge in [-0.2, -0.15) is 11.8 Å². The first kappa shape index (κ1) is 8.45. The highest BCUT2D eigenvalue weighted by Crippen LogP contribution is 2.38. The zero-order chi connectivity index (χ0) is 7.56. The molecule has 1 heteroatoms. The molecule has 2 atom stereocenters. The van der Waals surface area contributed by atoms with Crippen molar-refractivity contribution in [1.29, 1.82) is 0 Å². The summed E-state index contributed by atoms with van der Waals surface area (Å²) in [5.41, 5.74) is 0. The van der Waals surface area contributed by atoms with Crippen LogP contribution in [0.1, 0.15) is 40.0 Å². The minimum Gasteiger partial charge on any atom is -0.155 e. The highest BCUT2D eigenvalue weighted by Gasteiger charge is 2.25. The Kier molecular flexibility index (Phi) is 3.09. The minimum atomic E-state index is 0.890. The van der Waals surface area contributed by atoms with E-state index in [4.69, 9.17) is 0 Å². The quantitative estimate of drug-likeness (QED) is 0.594. The van der Waals surface area contributed by atoms with Gasteiger partial charge >= 0.3 is 0 Å². The Hall–Kier alpha value is 0.350. The normalized spacial score (nSPS) is 33.6. The van der Waals surface area contributed by atoms with Crippen molar-refractivity contribution >= 4 is 11.8 Å². The highest BCUT2D eigenvalue weighted by molar-refractivity contribution is 8.00. The second-order valence-corrected chi connectivity index (χ2v) is 5.07. The molecule has 1 aliphatic rings. The van der Waals surface area contributed by atoms with Gasteiger partial charge in [0.05, 0.1) is 0 Å². The van der Waals surface area contributed by atoms with E-state index in [1.54, 1.807) is 0 Å². The number of hydrogen-bond donors (Lipinski definition) is 0. The van der Waals surface area contributed by atoms with Gasteiger partial charge in [-0.05, 0) is 25.2 Å². The molecular formula is C9H18S. The summed E-state index contributed by atoms with van der Waals surface area (Å²) in [6, 6.07) is 0. The number of thioether (sulfide) groups is 1. The average Bonchev–Trinajstić information content (AvgIpc) is 2.34. The van der Waals surface area contributed by atoms with Crippen molar-refractivity contribution in [2.75, 3.05) is 0 Å². The van der Waals surface area contributed by atoms with E-state index in [9.17, 15) is 0 Å². The van der Waals surface area contributed by atoms with E-state index in [2.05, 4.69) is 32.5 Å². The van der Waals surface area contributed by atoms with E-state index in [1.165, 1.54) is 19.3 Å². The fraction of sp³-hybridized carbons (Fsp3) is 1.00. The topological polar surface area (TPSA) is 0 Å². The largest absolute Gasteiger partial charge is 0.155 e. The molecule has 0 aromatic rings. The van der Waals surface area contributed by atoms with Crippen LogP contribution >= 0.6 is 11.8 Å². The van der Waals surface area contributed by atoms with E-state index in [0.29, 0.717) is 0 Å².